The molecular formula is C36H77NO4S. The lowest BCUT2D eigenvalue weighted by Crippen LogP contribution is -2.18. The highest BCUT2D eigenvalue weighted by Gasteiger charge is 2.16. The van der Waals surface area contributed by atoms with E-state index in [9.17, 15) is 13.0 Å². The molecule has 0 saturated heterocycles. The fourth-order valence-electron chi connectivity index (χ4n) is 5.72. The smallest absolute Gasteiger partial charge is 0.323 e. The molecule has 1 unspecified atom stereocenters. The van der Waals surface area contributed by atoms with Crippen LogP contribution in [0.2, 0.25) is 0 Å². The summed E-state index contributed by atoms with van der Waals surface area (Å²) in [6.07, 6.45) is 39.3. The Morgan fingerprint density at radius 3 is 0.833 bits per heavy atom. The van der Waals surface area contributed by atoms with E-state index in [1.807, 2.05) is 14.1 Å². The minimum Gasteiger partial charge on any atom is -0.323 e. The molecule has 0 heterocycles. The Kier molecular flexibility index (Phi) is 38.7. The molecule has 0 aromatic heterocycles. The van der Waals surface area contributed by atoms with Crippen LogP contribution in [0.1, 0.15) is 213 Å². The van der Waals surface area contributed by atoms with Crippen LogP contribution in [0.15, 0.2) is 0 Å². The van der Waals surface area contributed by atoms with E-state index in [1.54, 1.807) is 0 Å². The van der Waals surface area contributed by atoms with Crippen LogP contribution in [0.3, 0.4) is 0 Å². The first kappa shape index (κ1) is 44.0. The van der Waals surface area contributed by atoms with Gasteiger partial charge in [0.2, 0.25) is 0 Å². The molecule has 0 amide bonds. The molecule has 0 saturated carbocycles. The van der Waals surface area contributed by atoms with Crippen molar-refractivity contribution in [2.75, 3.05) is 14.1 Å². The Bertz CT molecular complexity index is 585. The molecule has 42 heavy (non-hydrogen) atoms. The van der Waals surface area contributed by atoms with Crippen LogP contribution >= 0.6 is 0 Å². The highest BCUT2D eigenvalue weighted by Crippen LogP contribution is 2.19. The fraction of sp³-hybridized carbons (Fsp3) is 1.00. The van der Waals surface area contributed by atoms with Gasteiger partial charge in [0.15, 0.2) is 0 Å². The van der Waals surface area contributed by atoms with Gasteiger partial charge >= 0.3 is 10.4 Å². The Morgan fingerprint density at radius 1 is 0.452 bits per heavy atom. The lowest BCUT2D eigenvalue weighted by Gasteiger charge is -2.15. The number of unbranched alkanes of at least 4 members (excludes halogenated alkanes) is 27. The molecule has 6 heteroatoms. The van der Waals surface area contributed by atoms with Gasteiger partial charge in [-0.3, -0.25) is 4.55 Å². The molecule has 0 aliphatic carbocycles. The molecule has 256 valence electrons. The average molecular weight is 620 g/mol. The van der Waals surface area contributed by atoms with Crippen molar-refractivity contribution in [1.82, 2.24) is 5.32 Å². The molecule has 1 atom stereocenters. The minimum atomic E-state index is -4.36. The third-order valence-corrected chi connectivity index (χ3v) is 8.78. The second kappa shape index (κ2) is 37.0. The summed E-state index contributed by atoms with van der Waals surface area (Å²) in [5.74, 6) is 0. The predicted octanol–water partition coefficient (Wildman–Crippen LogP) is 12.1. The van der Waals surface area contributed by atoms with Gasteiger partial charge in [0.1, 0.15) is 0 Å². The molecule has 2 N–H and O–H groups in total. The Morgan fingerprint density at radius 2 is 0.643 bits per heavy atom. The van der Waals surface area contributed by atoms with E-state index in [1.165, 1.54) is 161 Å². The van der Waals surface area contributed by atoms with E-state index < -0.39 is 10.4 Å². The van der Waals surface area contributed by atoms with Crippen LogP contribution in [0.25, 0.3) is 0 Å². The van der Waals surface area contributed by atoms with Gasteiger partial charge in [0, 0.05) is 0 Å². The summed E-state index contributed by atoms with van der Waals surface area (Å²) in [7, 11) is -0.613. The van der Waals surface area contributed by atoms with Gasteiger partial charge in [0.05, 0.1) is 6.10 Å². The van der Waals surface area contributed by atoms with Gasteiger partial charge in [-0.25, -0.2) is 4.18 Å². The lowest BCUT2D eigenvalue weighted by atomic mass is 10.0. The topological polar surface area (TPSA) is 75.6 Å². The van der Waals surface area contributed by atoms with Crippen molar-refractivity contribution in [1.29, 1.82) is 0 Å². The van der Waals surface area contributed by atoms with Crippen molar-refractivity contribution in [2.24, 2.45) is 0 Å². The van der Waals surface area contributed by atoms with Gasteiger partial charge in [0.25, 0.3) is 0 Å². The summed E-state index contributed by atoms with van der Waals surface area (Å²) in [5, 5.41) is 2.75. The van der Waals surface area contributed by atoms with Crippen molar-refractivity contribution in [3.63, 3.8) is 0 Å². The van der Waals surface area contributed by atoms with Crippen molar-refractivity contribution in [2.45, 2.75) is 219 Å². The van der Waals surface area contributed by atoms with Crippen LogP contribution in [-0.4, -0.2) is 33.2 Å². The molecule has 5 nitrogen and oxygen atoms in total. The summed E-state index contributed by atoms with van der Waals surface area (Å²) in [4.78, 5) is 0. The van der Waals surface area contributed by atoms with Gasteiger partial charge in [-0.2, -0.15) is 8.42 Å². The van der Waals surface area contributed by atoms with Gasteiger partial charge in [-0.15, -0.1) is 0 Å². The predicted molar refractivity (Wildman–Crippen MR) is 186 cm³/mol. The minimum absolute atomic E-state index is 0.362. The van der Waals surface area contributed by atoms with E-state index in [0.29, 0.717) is 0 Å². The average Bonchev–Trinajstić information content (AvgIpc) is 2.94. The highest BCUT2D eigenvalue weighted by atomic mass is 32.3. The van der Waals surface area contributed by atoms with Crippen molar-refractivity contribution < 1.29 is 17.2 Å². The molecule has 0 bridgehead atoms. The monoisotopic (exact) mass is 620 g/mol. The first-order valence-electron chi connectivity index (χ1n) is 18.6. The number of rotatable bonds is 33. The largest absolute Gasteiger partial charge is 0.397 e. The third-order valence-electron chi connectivity index (χ3n) is 8.27. The Hall–Kier alpha value is -0.170. The second-order valence-electron chi connectivity index (χ2n) is 12.8. The number of nitrogens with one attached hydrogen (secondary N) is 1. The van der Waals surface area contributed by atoms with Crippen LogP contribution in [0.5, 0.6) is 0 Å². The highest BCUT2D eigenvalue weighted by molar-refractivity contribution is 7.80. The van der Waals surface area contributed by atoms with Crippen molar-refractivity contribution in [3.05, 3.63) is 0 Å². The normalized spacial score (nSPS) is 12.3. The summed E-state index contributed by atoms with van der Waals surface area (Å²) in [5.41, 5.74) is 0. The van der Waals surface area contributed by atoms with Crippen LogP contribution in [-0.2, 0) is 14.6 Å². The zero-order valence-corrected chi connectivity index (χ0v) is 29.9. The molecule has 0 aliphatic heterocycles. The van der Waals surface area contributed by atoms with Gasteiger partial charge < -0.3 is 5.32 Å². The fourth-order valence-corrected chi connectivity index (χ4v) is 6.26. The summed E-state index contributed by atoms with van der Waals surface area (Å²) in [6.45, 7) is 4.55. The zero-order chi connectivity index (χ0) is 31.4. The van der Waals surface area contributed by atoms with Crippen LogP contribution in [0, 0.1) is 0 Å². The van der Waals surface area contributed by atoms with E-state index in [0.717, 1.165) is 38.5 Å². The SMILES string of the molecule is CCCCCCCCCCCCCCCCCC(CCCCCCCCCCCCCCCC)OS(=O)(=O)O.CNC. The molecule has 0 aromatic rings. The maximum atomic E-state index is 11.3. The van der Waals surface area contributed by atoms with E-state index in [2.05, 4.69) is 19.2 Å². The maximum Gasteiger partial charge on any atom is 0.397 e. The molecule has 0 rings (SSSR count). The molecule has 0 spiro atoms. The van der Waals surface area contributed by atoms with Crippen LogP contribution < -0.4 is 5.32 Å². The van der Waals surface area contributed by atoms with E-state index >= 15 is 0 Å². The zero-order valence-electron chi connectivity index (χ0n) is 29.1. The summed E-state index contributed by atoms with van der Waals surface area (Å²) < 4.78 is 36.7. The molecule has 0 fully saturated rings. The summed E-state index contributed by atoms with van der Waals surface area (Å²) >= 11 is 0. The Balaban J connectivity index is 0. The molecule has 0 aliphatic rings. The van der Waals surface area contributed by atoms with Crippen LogP contribution in [0.4, 0.5) is 0 Å². The lowest BCUT2D eigenvalue weighted by molar-refractivity contribution is 0.157. The van der Waals surface area contributed by atoms with Crippen molar-refractivity contribution >= 4 is 10.4 Å². The molecular weight excluding hydrogens is 542 g/mol. The number of hydrogen-bond donors (Lipinski definition) is 2. The molecule has 0 radical (unpaired) electrons. The quantitative estimate of drug-likeness (QED) is 0.0564. The Labute approximate surface area is 265 Å². The van der Waals surface area contributed by atoms with Gasteiger partial charge in [-0.1, -0.05) is 200 Å². The first-order valence-corrected chi connectivity index (χ1v) is 20.0. The second-order valence-corrected chi connectivity index (χ2v) is 13.8. The number of hydrogen-bond acceptors (Lipinski definition) is 4. The standard InChI is InChI=1S/C34H70O4S.C2H7N/c1-3-5-7-9-11-13-15-17-19-21-23-25-27-29-31-33-34(38-39(35,36)37)32-30-28-26-24-22-20-18-16-14-12-10-8-6-4-2;1-3-2/h34H,3-33H2,1-2H3,(H,35,36,37);3H,1-2H3. The third kappa shape index (κ3) is 42.0. The first-order chi connectivity index (χ1) is 20.4. The van der Waals surface area contributed by atoms with E-state index in [4.69, 9.17) is 4.18 Å². The van der Waals surface area contributed by atoms with E-state index in [-0.39, 0.29) is 6.10 Å². The van der Waals surface area contributed by atoms with Crippen molar-refractivity contribution in [3.8, 4) is 0 Å². The van der Waals surface area contributed by atoms with Gasteiger partial charge in [-0.05, 0) is 26.9 Å². The summed E-state index contributed by atoms with van der Waals surface area (Å²) in [6, 6.07) is 0. The maximum absolute atomic E-state index is 11.3. The molecule has 0 aromatic carbocycles.